The van der Waals surface area contributed by atoms with Crippen LogP contribution in [0.1, 0.15) is 6.92 Å². The molecule has 26 heavy (non-hydrogen) atoms. The molecule has 0 N–H and O–H groups in total. The van der Waals surface area contributed by atoms with Crippen molar-refractivity contribution in [3.63, 3.8) is 0 Å². The number of anilines is 1. The lowest BCUT2D eigenvalue weighted by atomic mass is 10.2. The van der Waals surface area contributed by atoms with Crippen LogP contribution >= 0.6 is 22.9 Å². The fourth-order valence-corrected chi connectivity index (χ4v) is 4.33. The van der Waals surface area contributed by atoms with Gasteiger partial charge in [-0.3, -0.25) is 4.90 Å². The van der Waals surface area contributed by atoms with Gasteiger partial charge in [-0.15, -0.1) is 5.10 Å². The summed E-state index contributed by atoms with van der Waals surface area (Å²) in [4.78, 5) is 10.5. The third-order valence-corrected chi connectivity index (χ3v) is 6.03. The highest BCUT2D eigenvalue weighted by Crippen LogP contribution is 2.28. The molecule has 1 aromatic carbocycles. The minimum Gasteiger partial charge on any atom is -0.383 e. The number of hydrogen-bond donors (Lipinski definition) is 0. The quantitative estimate of drug-likeness (QED) is 0.668. The zero-order valence-corrected chi connectivity index (χ0v) is 16.5. The van der Waals surface area contributed by atoms with Crippen LogP contribution in [0.25, 0.3) is 16.2 Å². The van der Waals surface area contributed by atoms with Crippen LogP contribution in [0.4, 0.5) is 5.13 Å². The zero-order valence-electron chi connectivity index (χ0n) is 14.9. The van der Waals surface area contributed by atoms with Gasteiger partial charge in [-0.05, 0) is 19.1 Å². The summed E-state index contributed by atoms with van der Waals surface area (Å²) in [6.45, 7) is 7.01. The van der Waals surface area contributed by atoms with Crippen molar-refractivity contribution in [2.24, 2.45) is 0 Å². The monoisotopic (exact) mass is 391 g/mol. The van der Waals surface area contributed by atoms with Gasteiger partial charge in [0.1, 0.15) is 0 Å². The number of imidazole rings is 1. The predicted molar refractivity (Wildman–Crippen MR) is 106 cm³/mol. The molecule has 0 spiro atoms. The molecule has 0 bridgehead atoms. The number of methoxy groups -OCH3 is 1. The minimum absolute atomic E-state index is 0.486. The molecule has 4 rings (SSSR count). The molecule has 1 unspecified atom stereocenters. The predicted octanol–water partition coefficient (Wildman–Crippen LogP) is 3.27. The molecular formula is C18H22ClN5OS. The van der Waals surface area contributed by atoms with E-state index in [0.29, 0.717) is 6.04 Å². The number of benzene rings is 1. The van der Waals surface area contributed by atoms with E-state index in [9.17, 15) is 0 Å². The minimum atomic E-state index is 0.486. The summed E-state index contributed by atoms with van der Waals surface area (Å²) in [6, 6.07) is 8.22. The van der Waals surface area contributed by atoms with Crippen molar-refractivity contribution < 1.29 is 4.74 Å². The molecule has 8 heteroatoms. The lowest BCUT2D eigenvalue weighted by Gasteiger charge is -2.39. The van der Waals surface area contributed by atoms with Crippen molar-refractivity contribution in [3.05, 3.63) is 35.5 Å². The van der Waals surface area contributed by atoms with Crippen molar-refractivity contribution in [3.8, 4) is 11.3 Å². The van der Waals surface area contributed by atoms with Gasteiger partial charge in [0.15, 0.2) is 0 Å². The number of piperazine rings is 1. The number of rotatable bonds is 5. The lowest BCUT2D eigenvalue weighted by molar-refractivity contribution is 0.117. The Hall–Kier alpha value is -1.67. The summed E-state index contributed by atoms with van der Waals surface area (Å²) in [6.07, 6.45) is 1.98. The van der Waals surface area contributed by atoms with Crippen LogP contribution in [-0.2, 0) is 4.74 Å². The standard InChI is InChI=1S/C18H22ClN5OS/c1-13-11-23(8-7-22(13)9-10-25-2)18-21-24-12-16(20-17(24)26-18)14-3-5-15(19)6-4-14/h3-6,12-13H,7-11H2,1-2H3. The van der Waals surface area contributed by atoms with Crippen molar-refractivity contribution in [2.75, 3.05) is 44.8 Å². The molecule has 138 valence electrons. The van der Waals surface area contributed by atoms with Gasteiger partial charge < -0.3 is 9.64 Å². The molecule has 2 aromatic heterocycles. The molecule has 1 aliphatic heterocycles. The van der Waals surface area contributed by atoms with Gasteiger partial charge in [-0.2, -0.15) is 0 Å². The van der Waals surface area contributed by atoms with Gasteiger partial charge in [0.25, 0.3) is 0 Å². The number of nitrogens with zero attached hydrogens (tertiary/aromatic N) is 5. The molecule has 0 radical (unpaired) electrons. The van der Waals surface area contributed by atoms with E-state index in [1.165, 1.54) is 0 Å². The highest BCUT2D eigenvalue weighted by Gasteiger charge is 2.25. The van der Waals surface area contributed by atoms with Crippen LogP contribution in [0.5, 0.6) is 0 Å². The van der Waals surface area contributed by atoms with Gasteiger partial charge in [0, 0.05) is 49.9 Å². The Morgan fingerprint density at radius 3 is 2.77 bits per heavy atom. The molecule has 6 nitrogen and oxygen atoms in total. The van der Waals surface area contributed by atoms with Crippen LogP contribution in [-0.4, -0.2) is 65.4 Å². The number of ether oxygens (including phenoxy) is 1. The van der Waals surface area contributed by atoms with E-state index in [2.05, 4.69) is 16.7 Å². The SMILES string of the molecule is COCCN1CCN(c2nn3cc(-c4ccc(Cl)cc4)nc3s2)CC1C. The lowest BCUT2D eigenvalue weighted by Crippen LogP contribution is -2.52. The van der Waals surface area contributed by atoms with Crippen molar-refractivity contribution in [1.82, 2.24) is 19.5 Å². The van der Waals surface area contributed by atoms with Crippen LogP contribution in [0.15, 0.2) is 30.5 Å². The Bertz CT molecular complexity index is 846. The molecule has 1 atom stereocenters. The normalized spacial score (nSPS) is 18.7. The largest absolute Gasteiger partial charge is 0.383 e. The maximum atomic E-state index is 5.96. The smallest absolute Gasteiger partial charge is 0.214 e. The summed E-state index contributed by atoms with van der Waals surface area (Å²) in [5.74, 6) is 0. The third kappa shape index (κ3) is 3.57. The summed E-state index contributed by atoms with van der Waals surface area (Å²) in [7, 11) is 1.75. The Morgan fingerprint density at radius 2 is 2.08 bits per heavy atom. The molecular weight excluding hydrogens is 370 g/mol. The second kappa shape index (κ2) is 7.52. The second-order valence-electron chi connectivity index (χ2n) is 6.57. The summed E-state index contributed by atoms with van der Waals surface area (Å²) in [5.41, 5.74) is 1.97. The third-order valence-electron chi connectivity index (χ3n) is 4.79. The average molecular weight is 392 g/mol. The maximum absolute atomic E-state index is 5.96. The van der Waals surface area contributed by atoms with E-state index in [4.69, 9.17) is 26.4 Å². The maximum Gasteiger partial charge on any atom is 0.214 e. The summed E-state index contributed by atoms with van der Waals surface area (Å²) < 4.78 is 7.08. The molecule has 0 aliphatic carbocycles. The number of fused-ring (bicyclic) bond motifs is 1. The Kier molecular flexibility index (Phi) is 5.13. The molecule has 0 amide bonds. The van der Waals surface area contributed by atoms with E-state index in [0.717, 1.165) is 59.2 Å². The highest BCUT2D eigenvalue weighted by atomic mass is 35.5. The first-order valence-corrected chi connectivity index (χ1v) is 9.93. The first kappa shape index (κ1) is 17.7. The van der Waals surface area contributed by atoms with Crippen LogP contribution in [0.3, 0.4) is 0 Å². The van der Waals surface area contributed by atoms with E-state index in [1.54, 1.807) is 18.4 Å². The van der Waals surface area contributed by atoms with E-state index < -0.39 is 0 Å². The van der Waals surface area contributed by atoms with E-state index >= 15 is 0 Å². The van der Waals surface area contributed by atoms with Gasteiger partial charge >= 0.3 is 0 Å². The Balaban J connectivity index is 1.48. The first-order valence-electron chi connectivity index (χ1n) is 8.74. The van der Waals surface area contributed by atoms with Crippen molar-refractivity contribution >= 4 is 33.0 Å². The number of hydrogen-bond acceptors (Lipinski definition) is 6. The highest BCUT2D eigenvalue weighted by molar-refractivity contribution is 7.20. The average Bonchev–Trinajstić information content (AvgIpc) is 3.20. The van der Waals surface area contributed by atoms with E-state index in [-0.39, 0.29) is 0 Å². The summed E-state index contributed by atoms with van der Waals surface area (Å²) >= 11 is 7.60. The fraction of sp³-hybridized carbons (Fsp3) is 0.444. The van der Waals surface area contributed by atoms with Gasteiger partial charge in [-0.25, -0.2) is 9.50 Å². The number of halogens is 1. The topological polar surface area (TPSA) is 45.9 Å². The zero-order chi connectivity index (χ0) is 18.1. The summed E-state index contributed by atoms with van der Waals surface area (Å²) in [5, 5.41) is 6.52. The fourth-order valence-electron chi connectivity index (χ4n) is 3.29. The molecule has 1 aliphatic rings. The van der Waals surface area contributed by atoms with Crippen molar-refractivity contribution in [2.45, 2.75) is 13.0 Å². The first-order chi connectivity index (χ1) is 12.6. The van der Waals surface area contributed by atoms with Crippen LogP contribution in [0.2, 0.25) is 5.02 Å². The van der Waals surface area contributed by atoms with Crippen LogP contribution < -0.4 is 4.90 Å². The van der Waals surface area contributed by atoms with Gasteiger partial charge in [0.2, 0.25) is 10.1 Å². The second-order valence-corrected chi connectivity index (χ2v) is 7.94. The Morgan fingerprint density at radius 1 is 1.27 bits per heavy atom. The van der Waals surface area contributed by atoms with Crippen molar-refractivity contribution in [1.29, 1.82) is 0 Å². The number of aromatic nitrogens is 3. The molecule has 1 saturated heterocycles. The molecule has 0 saturated carbocycles. The molecule has 1 fully saturated rings. The molecule has 3 heterocycles. The van der Waals surface area contributed by atoms with Gasteiger partial charge in [0.05, 0.1) is 18.5 Å². The Labute approximate surface area is 162 Å². The van der Waals surface area contributed by atoms with Crippen LogP contribution in [0, 0.1) is 0 Å². The van der Waals surface area contributed by atoms with Gasteiger partial charge in [-0.1, -0.05) is 35.1 Å². The van der Waals surface area contributed by atoms with E-state index in [1.807, 2.05) is 35.0 Å². The molecule has 3 aromatic rings.